The van der Waals surface area contributed by atoms with Crippen LogP contribution in [0.4, 0.5) is 0 Å². The number of hydrogen-bond donors (Lipinski definition) is 2. The highest BCUT2D eigenvalue weighted by Crippen LogP contribution is 2.07. The lowest BCUT2D eigenvalue weighted by Gasteiger charge is -2.06. The number of carbonyl (C=O) groups excluding carboxylic acids is 2. The Kier molecular flexibility index (Phi) is 5.77. The van der Waals surface area contributed by atoms with Crippen molar-refractivity contribution in [2.45, 2.75) is 19.8 Å². The van der Waals surface area contributed by atoms with E-state index in [9.17, 15) is 9.59 Å². The molecule has 1 aromatic carbocycles. The zero-order valence-corrected chi connectivity index (χ0v) is 12.6. The number of benzene rings is 1. The van der Waals surface area contributed by atoms with Crippen molar-refractivity contribution >= 4 is 11.8 Å². The van der Waals surface area contributed by atoms with E-state index < -0.39 is 0 Å². The second kappa shape index (κ2) is 8.02. The van der Waals surface area contributed by atoms with Crippen molar-refractivity contribution in [3.05, 3.63) is 59.5 Å². The molecule has 22 heavy (non-hydrogen) atoms. The lowest BCUT2D eigenvalue weighted by Crippen LogP contribution is -2.37. The van der Waals surface area contributed by atoms with E-state index in [1.54, 1.807) is 13.0 Å². The van der Waals surface area contributed by atoms with Crippen LogP contribution in [0.3, 0.4) is 0 Å². The van der Waals surface area contributed by atoms with Crippen LogP contribution in [0.2, 0.25) is 0 Å². The lowest BCUT2D eigenvalue weighted by atomic mass is 10.1. The maximum Gasteiger partial charge on any atom is 0.255 e. The number of rotatable bonds is 7. The Labute approximate surface area is 129 Å². The van der Waals surface area contributed by atoms with Gasteiger partial charge < -0.3 is 15.1 Å². The largest absolute Gasteiger partial charge is 0.469 e. The summed E-state index contributed by atoms with van der Waals surface area (Å²) in [5.74, 6) is 0.0500. The van der Waals surface area contributed by atoms with Gasteiger partial charge in [-0.05, 0) is 31.4 Å². The van der Waals surface area contributed by atoms with Gasteiger partial charge in [0.25, 0.3) is 5.91 Å². The van der Waals surface area contributed by atoms with Gasteiger partial charge in [-0.3, -0.25) is 9.59 Å². The molecule has 0 atom stereocenters. The highest BCUT2D eigenvalue weighted by atomic mass is 16.3. The minimum atomic E-state index is -0.300. The first-order chi connectivity index (χ1) is 10.7. The Hall–Kier alpha value is -2.56. The second-order valence-electron chi connectivity index (χ2n) is 5.01. The highest BCUT2D eigenvalue weighted by Gasteiger charge is 2.12. The second-order valence-corrected chi connectivity index (χ2v) is 5.01. The number of amides is 2. The number of hydrogen-bond acceptors (Lipinski definition) is 3. The van der Waals surface area contributed by atoms with Crippen LogP contribution in [0.15, 0.2) is 47.1 Å². The number of nitrogens with one attached hydrogen (secondary N) is 2. The van der Waals surface area contributed by atoms with Crippen molar-refractivity contribution in [2.24, 2.45) is 0 Å². The third-order valence-electron chi connectivity index (χ3n) is 3.32. The minimum absolute atomic E-state index is 0.0329. The Morgan fingerprint density at radius 1 is 1.09 bits per heavy atom. The molecule has 0 radical (unpaired) electrons. The normalized spacial score (nSPS) is 10.2. The number of furan rings is 1. The minimum Gasteiger partial charge on any atom is -0.469 e. The molecule has 0 fully saturated rings. The zero-order chi connectivity index (χ0) is 15.8. The topological polar surface area (TPSA) is 71.3 Å². The average Bonchev–Trinajstić information content (AvgIpc) is 2.96. The fraction of sp³-hybridized carbons (Fsp3) is 0.294. The molecule has 2 aromatic rings. The van der Waals surface area contributed by atoms with Crippen molar-refractivity contribution in [3.8, 4) is 0 Å². The van der Waals surface area contributed by atoms with Crippen molar-refractivity contribution in [1.29, 1.82) is 0 Å². The van der Waals surface area contributed by atoms with Gasteiger partial charge in [0.15, 0.2) is 0 Å². The lowest BCUT2D eigenvalue weighted by molar-refractivity contribution is -0.120. The van der Waals surface area contributed by atoms with Crippen LogP contribution in [0.5, 0.6) is 0 Å². The zero-order valence-electron chi connectivity index (χ0n) is 12.6. The molecule has 2 N–H and O–H groups in total. The van der Waals surface area contributed by atoms with Gasteiger partial charge in [-0.25, -0.2) is 0 Å². The number of aryl methyl sites for hydroxylation is 2. The standard InChI is InChI=1S/C17H20N2O3/c1-13-15(9-11-22-13)17(21)19-12-16(20)18-10-5-8-14-6-3-2-4-7-14/h2-4,6-7,9,11H,5,8,10,12H2,1H3,(H,18,20)(H,19,21). The van der Waals surface area contributed by atoms with Crippen LogP contribution < -0.4 is 10.6 Å². The van der Waals surface area contributed by atoms with Gasteiger partial charge in [0.2, 0.25) is 5.91 Å². The molecule has 0 bridgehead atoms. The van der Waals surface area contributed by atoms with E-state index in [-0.39, 0.29) is 18.4 Å². The Bertz CT molecular complexity index is 620. The Balaban J connectivity index is 1.62. The summed E-state index contributed by atoms with van der Waals surface area (Å²) in [6, 6.07) is 11.7. The molecule has 5 heteroatoms. The van der Waals surface area contributed by atoms with Crippen molar-refractivity contribution in [3.63, 3.8) is 0 Å². The first kappa shape index (κ1) is 15.8. The van der Waals surface area contributed by atoms with Gasteiger partial charge in [-0.1, -0.05) is 30.3 Å². The quantitative estimate of drug-likeness (QED) is 0.769. The van der Waals surface area contributed by atoms with Gasteiger partial charge in [0.05, 0.1) is 18.4 Å². The molecule has 1 heterocycles. The molecule has 116 valence electrons. The summed E-state index contributed by atoms with van der Waals surface area (Å²) < 4.78 is 5.05. The fourth-order valence-corrected chi connectivity index (χ4v) is 2.10. The van der Waals surface area contributed by atoms with E-state index >= 15 is 0 Å². The van der Waals surface area contributed by atoms with Crippen molar-refractivity contribution < 1.29 is 14.0 Å². The van der Waals surface area contributed by atoms with E-state index in [2.05, 4.69) is 22.8 Å². The predicted octanol–water partition coefficient (Wildman–Crippen LogP) is 2.07. The molecule has 0 aliphatic carbocycles. The van der Waals surface area contributed by atoms with Gasteiger partial charge >= 0.3 is 0 Å². The Morgan fingerprint density at radius 3 is 2.55 bits per heavy atom. The molecular weight excluding hydrogens is 280 g/mol. The third-order valence-corrected chi connectivity index (χ3v) is 3.32. The first-order valence-corrected chi connectivity index (χ1v) is 7.29. The Morgan fingerprint density at radius 2 is 1.86 bits per heavy atom. The van der Waals surface area contributed by atoms with E-state index in [4.69, 9.17) is 4.42 Å². The van der Waals surface area contributed by atoms with E-state index in [1.165, 1.54) is 11.8 Å². The van der Waals surface area contributed by atoms with Gasteiger partial charge in [-0.2, -0.15) is 0 Å². The summed E-state index contributed by atoms with van der Waals surface area (Å²) in [6.45, 7) is 2.27. The average molecular weight is 300 g/mol. The first-order valence-electron chi connectivity index (χ1n) is 7.29. The van der Waals surface area contributed by atoms with E-state index in [1.807, 2.05) is 18.2 Å². The van der Waals surface area contributed by atoms with Crippen molar-refractivity contribution in [2.75, 3.05) is 13.1 Å². The molecule has 2 amide bonds. The van der Waals surface area contributed by atoms with E-state index in [0.29, 0.717) is 17.9 Å². The fourth-order valence-electron chi connectivity index (χ4n) is 2.10. The highest BCUT2D eigenvalue weighted by molar-refractivity contribution is 5.97. The molecular formula is C17H20N2O3. The van der Waals surface area contributed by atoms with Crippen LogP contribution in [0.25, 0.3) is 0 Å². The molecule has 2 rings (SSSR count). The van der Waals surface area contributed by atoms with Gasteiger partial charge in [0, 0.05) is 6.54 Å². The smallest absolute Gasteiger partial charge is 0.255 e. The molecule has 0 saturated carbocycles. The summed E-state index contributed by atoms with van der Waals surface area (Å²) in [7, 11) is 0. The maximum absolute atomic E-state index is 11.8. The van der Waals surface area contributed by atoms with Gasteiger partial charge in [-0.15, -0.1) is 0 Å². The van der Waals surface area contributed by atoms with Crippen LogP contribution in [-0.4, -0.2) is 24.9 Å². The molecule has 0 spiro atoms. The summed E-state index contributed by atoms with van der Waals surface area (Å²) in [6.07, 6.45) is 3.24. The SMILES string of the molecule is Cc1occc1C(=O)NCC(=O)NCCCc1ccccc1. The molecule has 0 unspecified atom stereocenters. The molecule has 1 aromatic heterocycles. The predicted molar refractivity (Wildman–Crippen MR) is 83.6 cm³/mol. The maximum atomic E-state index is 11.8. The van der Waals surface area contributed by atoms with Gasteiger partial charge in [0.1, 0.15) is 5.76 Å². The van der Waals surface area contributed by atoms with E-state index in [0.717, 1.165) is 12.8 Å². The summed E-state index contributed by atoms with van der Waals surface area (Å²) in [5.41, 5.74) is 1.71. The summed E-state index contributed by atoms with van der Waals surface area (Å²) in [5, 5.41) is 5.36. The molecule has 5 nitrogen and oxygen atoms in total. The molecule has 0 saturated heterocycles. The summed E-state index contributed by atoms with van der Waals surface area (Å²) >= 11 is 0. The van der Waals surface area contributed by atoms with Crippen molar-refractivity contribution in [1.82, 2.24) is 10.6 Å². The molecule has 0 aliphatic heterocycles. The molecule has 0 aliphatic rings. The summed E-state index contributed by atoms with van der Waals surface area (Å²) in [4.78, 5) is 23.5. The van der Waals surface area contributed by atoms with Crippen LogP contribution in [0, 0.1) is 6.92 Å². The number of carbonyl (C=O) groups is 2. The van der Waals surface area contributed by atoms with Crippen LogP contribution in [-0.2, 0) is 11.2 Å². The van der Waals surface area contributed by atoms with Crippen LogP contribution >= 0.6 is 0 Å². The monoisotopic (exact) mass is 300 g/mol. The third kappa shape index (κ3) is 4.77. The van der Waals surface area contributed by atoms with Crippen LogP contribution in [0.1, 0.15) is 28.1 Å².